The second-order valence-electron chi connectivity index (χ2n) is 4.89. The first kappa shape index (κ1) is 15.1. The molecule has 0 bridgehead atoms. The summed E-state index contributed by atoms with van der Waals surface area (Å²) in [6.45, 7) is 0. The first-order valence-electron chi connectivity index (χ1n) is 6.35. The second kappa shape index (κ2) is 4.84. The van der Waals surface area contributed by atoms with Gasteiger partial charge in [0.15, 0.2) is 5.78 Å². The summed E-state index contributed by atoms with van der Waals surface area (Å²) in [7, 11) is 0. The van der Waals surface area contributed by atoms with Gasteiger partial charge < -0.3 is 10.2 Å². The summed E-state index contributed by atoms with van der Waals surface area (Å²) in [6, 6.07) is 3.95. The van der Waals surface area contributed by atoms with Gasteiger partial charge in [0.2, 0.25) is 11.5 Å². The van der Waals surface area contributed by atoms with Crippen molar-refractivity contribution in [2.24, 2.45) is 0 Å². The maximum atomic E-state index is 12.5. The number of phenolic OH excluding ortho intramolecular Hbond substituents is 2. The fraction of sp³-hybridized carbons (Fsp3) is 0. The van der Waals surface area contributed by atoms with E-state index in [1.807, 2.05) is 0 Å². The van der Waals surface area contributed by atoms with Gasteiger partial charge in [0.1, 0.15) is 11.3 Å². The Morgan fingerprint density at radius 2 is 1.46 bits per heavy atom. The molecule has 2 aromatic carbocycles. The summed E-state index contributed by atoms with van der Waals surface area (Å²) < 4.78 is 0. The maximum absolute atomic E-state index is 12.5. The smallest absolute Gasteiger partial charge is 0.318 e. The van der Waals surface area contributed by atoms with Crippen LogP contribution in [0.25, 0.3) is 0 Å². The fourth-order valence-electron chi connectivity index (χ4n) is 2.61. The summed E-state index contributed by atoms with van der Waals surface area (Å²) in [4.78, 5) is 45.0. The highest BCUT2D eigenvalue weighted by atomic mass is 16.6. The summed E-state index contributed by atoms with van der Waals surface area (Å²) in [5.74, 6) is -3.80. The van der Waals surface area contributed by atoms with E-state index in [0.717, 1.165) is 6.07 Å². The van der Waals surface area contributed by atoms with Crippen LogP contribution in [0.5, 0.6) is 11.5 Å². The Kier molecular flexibility index (Phi) is 3.04. The molecule has 0 spiro atoms. The van der Waals surface area contributed by atoms with Crippen molar-refractivity contribution in [1.29, 1.82) is 0 Å². The van der Waals surface area contributed by atoms with Gasteiger partial charge in [-0.25, -0.2) is 0 Å². The van der Waals surface area contributed by atoms with Crippen molar-refractivity contribution in [3.05, 3.63) is 66.7 Å². The number of phenols is 2. The fourth-order valence-corrected chi connectivity index (χ4v) is 2.61. The number of aromatic hydroxyl groups is 2. The minimum Gasteiger partial charge on any atom is -0.507 e. The Labute approximate surface area is 131 Å². The molecule has 2 N–H and O–H groups in total. The molecule has 1 aliphatic carbocycles. The summed E-state index contributed by atoms with van der Waals surface area (Å²) in [5, 5.41) is 41.9. The van der Waals surface area contributed by atoms with Crippen LogP contribution in [-0.2, 0) is 0 Å². The van der Waals surface area contributed by atoms with Gasteiger partial charge in [0, 0.05) is 5.56 Å². The third-order valence-corrected chi connectivity index (χ3v) is 3.62. The molecule has 10 heteroatoms. The van der Waals surface area contributed by atoms with Crippen molar-refractivity contribution < 1.29 is 29.6 Å². The van der Waals surface area contributed by atoms with Crippen molar-refractivity contribution in [3.63, 3.8) is 0 Å². The van der Waals surface area contributed by atoms with Crippen molar-refractivity contribution in [2.75, 3.05) is 0 Å². The van der Waals surface area contributed by atoms with E-state index >= 15 is 0 Å². The number of ketones is 2. The molecule has 120 valence electrons. The number of rotatable bonds is 2. The Morgan fingerprint density at radius 1 is 0.833 bits per heavy atom. The van der Waals surface area contributed by atoms with Crippen LogP contribution in [0.4, 0.5) is 11.4 Å². The third kappa shape index (κ3) is 1.83. The predicted octanol–water partition coefficient (Wildman–Crippen LogP) is 1.69. The lowest BCUT2D eigenvalue weighted by molar-refractivity contribution is -0.394. The summed E-state index contributed by atoms with van der Waals surface area (Å²) >= 11 is 0. The molecular weight excluding hydrogens is 324 g/mol. The van der Waals surface area contributed by atoms with Gasteiger partial charge in [-0.3, -0.25) is 29.8 Å². The van der Waals surface area contributed by atoms with Crippen LogP contribution >= 0.6 is 0 Å². The zero-order valence-corrected chi connectivity index (χ0v) is 11.5. The van der Waals surface area contributed by atoms with Crippen LogP contribution in [0.3, 0.4) is 0 Å². The van der Waals surface area contributed by atoms with Gasteiger partial charge in [-0.2, -0.15) is 0 Å². The minimum atomic E-state index is -1.13. The molecule has 0 saturated heterocycles. The van der Waals surface area contributed by atoms with Gasteiger partial charge >= 0.3 is 5.69 Å². The van der Waals surface area contributed by atoms with Gasteiger partial charge in [0.05, 0.1) is 27.0 Å². The molecule has 0 amide bonds. The average Bonchev–Trinajstić information content (AvgIpc) is 2.51. The van der Waals surface area contributed by atoms with Crippen LogP contribution in [-0.4, -0.2) is 31.6 Å². The van der Waals surface area contributed by atoms with Gasteiger partial charge in [0.25, 0.3) is 5.69 Å². The molecule has 0 saturated carbocycles. The molecule has 0 aromatic heterocycles. The minimum absolute atomic E-state index is 0.308. The van der Waals surface area contributed by atoms with Gasteiger partial charge in [-0.1, -0.05) is 12.1 Å². The van der Waals surface area contributed by atoms with Crippen LogP contribution in [0.2, 0.25) is 0 Å². The summed E-state index contributed by atoms with van der Waals surface area (Å²) in [6.07, 6.45) is 0. The van der Waals surface area contributed by atoms with Crippen molar-refractivity contribution in [3.8, 4) is 11.5 Å². The topological polar surface area (TPSA) is 161 Å². The van der Waals surface area contributed by atoms with E-state index in [1.165, 1.54) is 12.1 Å². The quantitative estimate of drug-likeness (QED) is 0.530. The SMILES string of the molecule is O=C1c2c(O)cccc2C(=O)c2c(O)c([N+](=O)[O-])cc([N+](=O)[O-])c21. The average molecular weight is 330 g/mol. The third-order valence-electron chi connectivity index (χ3n) is 3.62. The van der Waals surface area contributed by atoms with Gasteiger partial charge in [-0.05, 0) is 6.07 Å². The van der Waals surface area contributed by atoms with E-state index in [9.17, 15) is 40.0 Å². The van der Waals surface area contributed by atoms with E-state index in [4.69, 9.17) is 0 Å². The number of carbonyl (C=O) groups is 2. The Hall–Kier alpha value is -3.82. The Balaban J connectivity index is 2.48. The van der Waals surface area contributed by atoms with E-state index in [1.54, 1.807) is 0 Å². The molecule has 2 aromatic rings. The van der Waals surface area contributed by atoms with E-state index in [2.05, 4.69) is 0 Å². The molecule has 0 atom stereocenters. The number of fused-ring (bicyclic) bond motifs is 2. The monoisotopic (exact) mass is 330 g/mol. The highest BCUT2D eigenvalue weighted by Crippen LogP contribution is 2.44. The lowest BCUT2D eigenvalue weighted by Gasteiger charge is -2.18. The standard InChI is InChI=1S/C14H6N2O8/c17-8-3-1-2-5-9(8)14(20)10-6(15(21)22)4-7(16(23)24)13(19)11(10)12(5)18/h1-4,17,19H. The highest BCUT2D eigenvalue weighted by Gasteiger charge is 2.42. The molecule has 24 heavy (non-hydrogen) atoms. The van der Waals surface area contributed by atoms with Crippen molar-refractivity contribution >= 4 is 22.9 Å². The number of benzene rings is 2. The molecule has 3 rings (SSSR count). The molecule has 0 aliphatic heterocycles. The zero-order valence-electron chi connectivity index (χ0n) is 11.5. The maximum Gasteiger partial charge on any atom is 0.318 e. The molecule has 0 unspecified atom stereocenters. The first-order valence-corrected chi connectivity index (χ1v) is 6.35. The van der Waals surface area contributed by atoms with Crippen LogP contribution in [0, 0.1) is 20.2 Å². The number of nitro benzene ring substituents is 2. The largest absolute Gasteiger partial charge is 0.507 e. The number of hydrogen-bond acceptors (Lipinski definition) is 8. The zero-order chi connectivity index (χ0) is 17.8. The van der Waals surface area contributed by atoms with E-state index in [-0.39, 0.29) is 5.56 Å². The summed E-state index contributed by atoms with van der Waals surface area (Å²) in [5.41, 5.74) is -4.43. The second-order valence-corrected chi connectivity index (χ2v) is 4.89. The number of carbonyl (C=O) groups excluding carboxylic acids is 2. The van der Waals surface area contributed by atoms with Crippen molar-refractivity contribution in [2.45, 2.75) is 0 Å². The molecule has 0 fully saturated rings. The molecule has 0 radical (unpaired) electrons. The molecule has 10 nitrogen and oxygen atoms in total. The van der Waals surface area contributed by atoms with Gasteiger partial charge in [-0.15, -0.1) is 0 Å². The lowest BCUT2D eigenvalue weighted by atomic mass is 9.82. The highest BCUT2D eigenvalue weighted by molar-refractivity contribution is 6.31. The molecule has 1 aliphatic rings. The molecular formula is C14H6N2O8. The van der Waals surface area contributed by atoms with Crippen molar-refractivity contribution in [1.82, 2.24) is 0 Å². The Morgan fingerprint density at radius 3 is 2.04 bits per heavy atom. The number of nitro groups is 2. The van der Waals surface area contributed by atoms with Crippen LogP contribution in [0.1, 0.15) is 31.8 Å². The van der Waals surface area contributed by atoms with E-state index in [0.29, 0.717) is 6.07 Å². The normalized spacial score (nSPS) is 12.5. The lowest BCUT2D eigenvalue weighted by Crippen LogP contribution is -2.23. The van der Waals surface area contributed by atoms with Crippen LogP contribution < -0.4 is 0 Å². The number of nitrogens with zero attached hydrogens (tertiary/aromatic N) is 2. The first-order chi connectivity index (χ1) is 11.3. The van der Waals surface area contributed by atoms with Crippen LogP contribution in [0.15, 0.2) is 24.3 Å². The predicted molar refractivity (Wildman–Crippen MR) is 76.4 cm³/mol. The number of hydrogen-bond donors (Lipinski definition) is 2. The molecule has 0 heterocycles. The van der Waals surface area contributed by atoms with E-state index < -0.39 is 61.0 Å². The Bertz CT molecular complexity index is 979.